The molecule has 0 aromatic heterocycles. The Labute approximate surface area is 102 Å². The second kappa shape index (κ2) is 5.63. The van der Waals surface area contributed by atoms with Gasteiger partial charge in [-0.25, -0.2) is 0 Å². The lowest BCUT2D eigenvalue weighted by atomic mass is 10.1. The lowest BCUT2D eigenvalue weighted by Crippen LogP contribution is -1.91. The van der Waals surface area contributed by atoms with Gasteiger partial charge in [-0.2, -0.15) is 0 Å². The summed E-state index contributed by atoms with van der Waals surface area (Å²) in [5.74, 6) is 0. The molecule has 0 saturated carbocycles. The van der Waals surface area contributed by atoms with E-state index in [0.717, 1.165) is 0 Å². The van der Waals surface area contributed by atoms with Gasteiger partial charge in [0.2, 0.25) is 0 Å². The number of benzene rings is 1. The number of allylic oxidation sites excluding steroid dienone is 1. The molecule has 6 heteroatoms. The van der Waals surface area contributed by atoms with E-state index in [0.29, 0.717) is 11.8 Å². The van der Waals surface area contributed by atoms with Crippen LogP contribution in [0.15, 0.2) is 18.2 Å². The number of nitro benzene ring substituents is 1. The Morgan fingerprint density at radius 2 is 1.94 bits per heavy atom. The van der Waals surface area contributed by atoms with Crippen molar-refractivity contribution < 1.29 is 9.72 Å². The van der Waals surface area contributed by atoms with Crippen molar-refractivity contribution in [2.75, 3.05) is 0 Å². The summed E-state index contributed by atoms with van der Waals surface area (Å²) in [6, 6.07) is 2.58. The number of nitrogens with zero attached hydrogens (tertiary/aromatic N) is 1. The molecule has 0 spiro atoms. The average molecular weight is 260 g/mol. The number of hydrogen-bond donors (Lipinski definition) is 0. The first-order chi connectivity index (χ1) is 7.56. The van der Waals surface area contributed by atoms with Gasteiger partial charge in [0.15, 0.2) is 0 Å². The third kappa shape index (κ3) is 3.05. The smallest absolute Gasteiger partial charge is 0.278 e. The Morgan fingerprint density at radius 1 is 1.31 bits per heavy atom. The summed E-state index contributed by atoms with van der Waals surface area (Å²) in [6.45, 7) is 0. The minimum atomic E-state index is -0.553. The van der Waals surface area contributed by atoms with Crippen molar-refractivity contribution in [3.05, 3.63) is 43.9 Å². The summed E-state index contributed by atoms with van der Waals surface area (Å²) >= 11 is 11.4. The maximum Gasteiger partial charge on any atom is 0.278 e. The zero-order valence-corrected chi connectivity index (χ0v) is 9.53. The highest BCUT2D eigenvalue weighted by atomic mass is 35.5. The van der Waals surface area contributed by atoms with Crippen LogP contribution in [-0.4, -0.2) is 11.2 Å². The van der Waals surface area contributed by atoms with Gasteiger partial charge in [-0.3, -0.25) is 10.1 Å². The average Bonchev–Trinajstić information content (AvgIpc) is 2.23. The number of aldehydes is 1. The van der Waals surface area contributed by atoms with Gasteiger partial charge in [0.1, 0.15) is 6.29 Å². The molecule has 1 rings (SSSR count). The molecule has 0 saturated heterocycles. The van der Waals surface area contributed by atoms with Crippen LogP contribution < -0.4 is 0 Å². The topological polar surface area (TPSA) is 60.2 Å². The van der Waals surface area contributed by atoms with Crippen LogP contribution in [0.5, 0.6) is 0 Å². The number of rotatable bonds is 4. The molecule has 0 aliphatic carbocycles. The third-order valence-corrected chi connectivity index (χ3v) is 2.52. The molecule has 0 bridgehead atoms. The van der Waals surface area contributed by atoms with E-state index < -0.39 is 4.92 Å². The summed E-state index contributed by atoms with van der Waals surface area (Å²) in [4.78, 5) is 20.3. The van der Waals surface area contributed by atoms with Crippen LogP contribution in [0.3, 0.4) is 0 Å². The zero-order valence-electron chi connectivity index (χ0n) is 8.02. The summed E-state index contributed by atoms with van der Waals surface area (Å²) in [5, 5.41) is 11.1. The van der Waals surface area contributed by atoms with Crippen LogP contribution in [0.25, 0.3) is 6.08 Å². The summed E-state index contributed by atoms with van der Waals surface area (Å²) < 4.78 is 0. The molecule has 0 heterocycles. The predicted octanol–water partition coefficient (Wildman–Crippen LogP) is 3.50. The van der Waals surface area contributed by atoms with Crippen LogP contribution in [0, 0.1) is 10.1 Å². The molecule has 16 heavy (non-hydrogen) atoms. The van der Waals surface area contributed by atoms with Gasteiger partial charge in [0, 0.05) is 12.5 Å². The largest absolute Gasteiger partial charge is 0.303 e. The fraction of sp³-hybridized carbons (Fsp3) is 0.100. The highest BCUT2D eigenvalue weighted by Crippen LogP contribution is 2.31. The first-order valence-electron chi connectivity index (χ1n) is 4.30. The standard InChI is InChI=1S/C10H7Cl2NO3/c11-8-5-7(3-1-2-4-14)10(13(15)16)6-9(8)12/h1,3-6H,2H2. The lowest BCUT2D eigenvalue weighted by Gasteiger charge is -2.00. The zero-order chi connectivity index (χ0) is 12.1. The van der Waals surface area contributed by atoms with Gasteiger partial charge in [0.05, 0.1) is 20.5 Å². The molecule has 0 fully saturated rings. The molecule has 0 amide bonds. The number of carbonyl (C=O) groups is 1. The van der Waals surface area contributed by atoms with Gasteiger partial charge < -0.3 is 4.79 Å². The van der Waals surface area contributed by atoms with Crippen molar-refractivity contribution in [3.8, 4) is 0 Å². The van der Waals surface area contributed by atoms with Crippen molar-refractivity contribution in [3.63, 3.8) is 0 Å². The van der Waals surface area contributed by atoms with E-state index in [1.807, 2.05) is 0 Å². The molecule has 0 aliphatic heterocycles. The predicted molar refractivity (Wildman–Crippen MR) is 62.8 cm³/mol. The second-order valence-electron chi connectivity index (χ2n) is 2.89. The number of carbonyl (C=O) groups excluding carboxylic acids is 1. The molecule has 1 aromatic rings. The number of nitro groups is 1. The Hall–Kier alpha value is -1.39. The Kier molecular flexibility index (Phi) is 4.46. The molecule has 84 valence electrons. The Bertz CT molecular complexity index is 458. The first kappa shape index (κ1) is 12.7. The summed E-state index contributed by atoms with van der Waals surface area (Å²) in [6.07, 6.45) is 3.87. The van der Waals surface area contributed by atoms with Crippen LogP contribution in [-0.2, 0) is 4.79 Å². The molecule has 0 atom stereocenters. The lowest BCUT2D eigenvalue weighted by molar-refractivity contribution is -0.385. The fourth-order valence-corrected chi connectivity index (χ4v) is 1.42. The van der Waals surface area contributed by atoms with Crippen molar-refractivity contribution in [1.82, 2.24) is 0 Å². The van der Waals surface area contributed by atoms with E-state index >= 15 is 0 Å². The van der Waals surface area contributed by atoms with E-state index in [2.05, 4.69) is 0 Å². The molecule has 0 N–H and O–H groups in total. The van der Waals surface area contributed by atoms with Crippen LogP contribution in [0.2, 0.25) is 10.0 Å². The van der Waals surface area contributed by atoms with Crippen LogP contribution in [0.1, 0.15) is 12.0 Å². The SMILES string of the molecule is O=CCC=Cc1cc(Cl)c(Cl)cc1[N+](=O)[O-]. The maximum absolute atomic E-state index is 10.7. The summed E-state index contributed by atoms with van der Waals surface area (Å²) in [7, 11) is 0. The van der Waals surface area contributed by atoms with Gasteiger partial charge >= 0.3 is 0 Å². The van der Waals surface area contributed by atoms with E-state index in [9.17, 15) is 14.9 Å². The highest BCUT2D eigenvalue weighted by molar-refractivity contribution is 6.42. The van der Waals surface area contributed by atoms with E-state index in [-0.39, 0.29) is 22.2 Å². The van der Waals surface area contributed by atoms with E-state index in [4.69, 9.17) is 23.2 Å². The quantitative estimate of drug-likeness (QED) is 0.472. The van der Waals surface area contributed by atoms with E-state index in [1.165, 1.54) is 24.3 Å². The minimum absolute atomic E-state index is 0.126. The second-order valence-corrected chi connectivity index (χ2v) is 3.70. The minimum Gasteiger partial charge on any atom is -0.303 e. The van der Waals surface area contributed by atoms with Crippen LogP contribution >= 0.6 is 23.2 Å². The third-order valence-electron chi connectivity index (χ3n) is 1.80. The number of halogens is 2. The summed E-state index contributed by atoms with van der Waals surface area (Å²) in [5.41, 5.74) is 0.179. The normalized spacial score (nSPS) is 10.6. The highest BCUT2D eigenvalue weighted by Gasteiger charge is 2.14. The van der Waals surface area contributed by atoms with Gasteiger partial charge in [-0.1, -0.05) is 35.4 Å². The molecule has 1 aromatic carbocycles. The Morgan fingerprint density at radius 3 is 2.50 bits per heavy atom. The maximum atomic E-state index is 10.7. The molecule has 4 nitrogen and oxygen atoms in total. The number of hydrogen-bond acceptors (Lipinski definition) is 3. The molecular formula is C10H7Cl2NO3. The molecule has 0 radical (unpaired) electrons. The monoisotopic (exact) mass is 259 g/mol. The van der Waals surface area contributed by atoms with Crippen molar-refractivity contribution >= 4 is 41.3 Å². The van der Waals surface area contributed by atoms with Gasteiger partial charge in [-0.15, -0.1) is 0 Å². The first-order valence-corrected chi connectivity index (χ1v) is 5.05. The van der Waals surface area contributed by atoms with Gasteiger partial charge in [-0.05, 0) is 6.07 Å². The van der Waals surface area contributed by atoms with Crippen molar-refractivity contribution in [2.24, 2.45) is 0 Å². The van der Waals surface area contributed by atoms with E-state index in [1.54, 1.807) is 0 Å². The van der Waals surface area contributed by atoms with Crippen molar-refractivity contribution in [1.29, 1.82) is 0 Å². The fourth-order valence-electron chi connectivity index (χ4n) is 1.09. The molecular weight excluding hydrogens is 253 g/mol. The Balaban J connectivity index is 3.19. The van der Waals surface area contributed by atoms with Crippen molar-refractivity contribution in [2.45, 2.75) is 6.42 Å². The molecule has 0 aliphatic rings. The van der Waals surface area contributed by atoms with Gasteiger partial charge in [0.25, 0.3) is 5.69 Å². The molecule has 0 unspecified atom stereocenters. The van der Waals surface area contributed by atoms with Crippen LogP contribution in [0.4, 0.5) is 5.69 Å².